The van der Waals surface area contributed by atoms with Gasteiger partial charge < -0.3 is 57.8 Å². The van der Waals surface area contributed by atoms with Gasteiger partial charge in [0.2, 0.25) is 27.4 Å². The third-order valence-corrected chi connectivity index (χ3v) is 14.6. The Balaban J connectivity index is 0.752. The van der Waals surface area contributed by atoms with E-state index in [1.807, 2.05) is 24.3 Å². The molecule has 0 unspecified atom stereocenters. The number of benzene rings is 3. The second-order valence-electron chi connectivity index (χ2n) is 19.0. The van der Waals surface area contributed by atoms with Crippen molar-refractivity contribution in [3.63, 3.8) is 0 Å². The first-order valence-electron chi connectivity index (χ1n) is 28.0. The van der Waals surface area contributed by atoms with E-state index in [4.69, 9.17) is 63.1 Å². The van der Waals surface area contributed by atoms with Crippen molar-refractivity contribution in [3.8, 4) is 16.9 Å². The molecular formula is C58H82F4N4O14S. The van der Waals surface area contributed by atoms with Crippen molar-refractivity contribution in [2.24, 2.45) is 10.9 Å². The van der Waals surface area contributed by atoms with Gasteiger partial charge in [-0.3, -0.25) is 9.79 Å². The van der Waals surface area contributed by atoms with E-state index in [1.165, 1.54) is 0 Å². The van der Waals surface area contributed by atoms with Gasteiger partial charge in [0.15, 0.2) is 11.6 Å². The van der Waals surface area contributed by atoms with E-state index in [0.29, 0.717) is 143 Å². The number of halogens is 4. The van der Waals surface area contributed by atoms with Crippen molar-refractivity contribution in [2.45, 2.75) is 76.5 Å². The summed E-state index contributed by atoms with van der Waals surface area (Å²) in [5.74, 6) is -8.67. The van der Waals surface area contributed by atoms with Crippen molar-refractivity contribution in [1.82, 2.24) is 9.29 Å². The predicted octanol–water partition coefficient (Wildman–Crippen LogP) is 8.58. The third-order valence-electron chi connectivity index (χ3n) is 12.7. The summed E-state index contributed by atoms with van der Waals surface area (Å²) in [7, 11) is -3.63. The first kappa shape index (κ1) is 67.0. The maximum Gasteiger partial charge on any atom is 0.313 e. The number of rotatable bonds is 46. The van der Waals surface area contributed by atoms with Crippen molar-refractivity contribution in [2.75, 3.05) is 158 Å². The van der Waals surface area contributed by atoms with E-state index >= 15 is 0 Å². The maximum absolute atomic E-state index is 13.7. The molecular weight excluding hydrogens is 1080 g/mol. The van der Waals surface area contributed by atoms with Crippen LogP contribution in [0.4, 0.5) is 23.4 Å². The molecule has 1 aromatic heterocycles. The van der Waals surface area contributed by atoms with Crippen molar-refractivity contribution >= 4 is 38.4 Å². The molecule has 1 aliphatic rings. The number of aryl methyl sites for hydroxylation is 1. The number of sulfonamides is 1. The molecule has 0 saturated carbocycles. The lowest BCUT2D eigenvalue weighted by Crippen LogP contribution is -2.49. The molecule has 0 radical (unpaired) electrons. The van der Waals surface area contributed by atoms with Crippen molar-refractivity contribution in [3.05, 3.63) is 83.4 Å². The highest BCUT2D eigenvalue weighted by molar-refractivity contribution is 7.89. The van der Waals surface area contributed by atoms with E-state index in [1.54, 1.807) is 22.5 Å². The first-order chi connectivity index (χ1) is 39.4. The molecule has 1 saturated heterocycles. The summed E-state index contributed by atoms with van der Waals surface area (Å²) in [5.41, 5.74) is 11.0. The van der Waals surface area contributed by atoms with Crippen LogP contribution in [-0.4, -0.2) is 181 Å². The Hall–Kier alpha value is -4.76. The zero-order chi connectivity index (χ0) is 57.9. The van der Waals surface area contributed by atoms with E-state index < -0.39 is 51.4 Å². The summed E-state index contributed by atoms with van der Waals surface area (Å²) in [5, 5.41) is 1.02. The summed E-state index contributed by atoms with van der Waals surface area (Å²) in [4.78, 5) is 21.5. The molecule has 3 aromatic carbocycles. The molecule has 0 bridgehead atoms. The highest BCUT2D eigenvalue weighted by Crippen LogP contribution is 2.32. The second kappa shape index (κ2) is 38.9. The van der Waals surface area contributed by atoms with Crippen LogP contribution in [0, 0.1) is 29.2 Å². The third kappa shape index (κ3) is 24.9. The number of esters is 1. The molecule has 0 aliphatic carbocycles. The quantitative estimate of drug-likeness (QED) is 0.0110. The molecule has 23 heteroatoms. The Morgan fingerprint density at radius 1 is 0.605 bits per heavy atom. The topological polar surface area (TPSA) is 207 Å². The van der Waals surface area contributed by atoms with Crippen LogP contribution < -0.4 is 10.5 Å². The predicted molar refractivity (Wildman–Crippen MR) is 298 cm³/mol. The second-order valence-corrected chi connectivity index (χ2v) is 20.9. The van der Waals surface area contributed by atoms with E-state index in [9.17, 15) is 30.8 Å². The molecule has 1 aliphatic heterocycles. The Kier molecular flexibility index (Phi) is 32.2. The van der Waals surface area contributed by atoms with Gasteiger partial charge in [-0.05, 0) is 79.0 Å². The minimum Gasteiger partial charge on any atom is -0.420 e. The Labute approximate surface area is 474 Å². The van der Waals surface area contributed by atoms with Gasteiger partial charge >= 0.3 is 5.97 Å². The SMILES string of the molecule is CCCCCc1cc2ccc(-c3cccc(S(=O)(=O)N4CC(CCC(CCC)=NCCOCCOCCOCCOCCOCCOCCOCCOCCOCCOCCC(=O)Oc5c(F)c(F)cc(F)c5F)C4)c3)cc2nc1N. The summed E-state index contributed by atoms with van der Waals surface area (Å²) in [6, 6.07) is 15.3. The van der Waals surface area contributed by atoms with Crippen LogP contribution in [0.2, 0.25) is 0 Å². The van der Waals surface area contributed by atoms with Crippen molar-refractivity contribution in [1.29, 1.82) is 0 Å². The van der Waals surface area contributed by atoms with Gasteiger partial charge in [0.1, 0.15) is 5.82 Å². The van der Waals surface area contributed by atoms with Gasteiger partial charge in [-0.1, -0.05) is 57.4 Å². The zero-order valence-corrected chi connectivity index (χ0v) is 47.8. The number of carbonyl (C=O) groups excluding carboxylic acids is 1. The molecule has 4 aromatic rings. The fraction of sp³-hybridized carbons (Fsp3) is 0.603. The van der Waals surface area contributed by atoms with E-state index in [2.05, 4.69) is 24.7 Å². The zero-order valence-electron chi connectivity index (χ0n) is 47.0. The van der Waals surface area contributed by atoms with Gasteiger partial charge in [0, 0.05) is 30.3 Å². The highest BCUT2D eigenvalue weighted by Gasteiger charge is 2.36. The molecule has 81 heavy (non-hydrogen) atoms. The monoisotopic (exact) mass is 1170 g/mol. The Morgan fingerprint density at radius 2 is 1.11 bits per heavy atom. The lowest BCUT2D eigenvalue weighted by Gasteiger charge is -2.38. The molecule has 18 nitrogen and oxygen atoms in total. The highest BCUT2D eigenvalue weighted by atomic mass is 32.2. The van der Waals surface area contributed by atoms with Crippen molar-refractivity contribution < 1.29 is 82.9 Å². The van der Waals surface area contributed by atoms with Crippen LogP contribution in [-0.2, 0) is 68.6 Å². The summed E-state index contributed by atoms with van der Waals surface area (Å²) >= 11 is 0. The van der Waals surface area contributed by atoms with Crippen LogP contribution in [0.1, 0.15) is 70.8 Å². The number of carbonyl (C=O) groups is 1. The fourth-order valence-electron chi connectivity index (χ4n) is 8.31. The van der Waals surface area contributed by atoms with Gasteiger partial charge in [0.25, 0.3) is 0 Å². The molecule has 0 amide bonds. The number of aliphatic imine (C=N–C) groups is 1. The van der Waals surface area contributed by atoms with Gasteiger partial charge in [-0.25, -0.2) is 22.2 Å². The van der Waals surface area contributed by atoms with Crippen LogP contribution in [0.5, 0.6) is 5.75 Å². The number of fused-ring (bicyclic) bond motifs is 1. The molecule has 2 N–H and O–H groups in total. The largest absolute Gasteiger partial charge is 0.420 e. The minimum absolute atomic E-state index is 0.0173. The number of unbranched alkanes of at least 4 members (excludes halogenated alkanes) is 2. The Morgan fingerprint density at radius 3 is 1.63 bits per heavy atom. The standard InChI is InChI=1S/C58H82F4N4O14S/c1-3-5-6-9-48-38-47-14-13-46(40-53(47)65-58(48)63)45-10-7-11-50(39-45)81(68,69)66-42-44(43-66)12-15-49(8-4-2)64-17-19-71-21-23-73-25-27-75-29-31-77-33-35-79-37-36-78-34-32-76-30-28-74-26-24-72-22-20-70-18-16-54(67)80-57-55(61)51(59)41-52(60)56(57)62/h7,10-11,13-14,38-41,44H,3-6,8-9,12,15-37,42-43H2,1-2H3,(H2,63,65). The van der Waals surface area contributed by atoms with E-state index in [0.717, 1.165) is 84.7 Å². The number of nitrogens with two attached hydrogens (primary N) is 1. The van der Waals surface area contributed by atoms with Crippen LogP contribution in [0.15, 0.2) is 64.5 Å². The van der Waals surface area contributed by atoms with Gasteiger partial charge in [0.05, 0.1) is 156 Å². The number of pyridine rings is 1. The molecule has 5 rings (SSSR count). The normalized spacial score (nSPS) is 13.4. The molecule has 1 fully saturated rings. The Bertz CT molecular complexity index is 2570. The number of nitrogen functional groups attached to an aromatic ring is 1. The lowest BCUT2D eigenvalue weighted by atomic mass is 9.95. The summed E-state index contributed by atoms with van der Waals surface area (Å²) in [6.07, 6.45) is 7.52. The number of hydrogen-bond acceptors (Lipinski definition) is 17. The van der Waals surface area contributed by atoms with Crippen LogP contribution in [0.25, 0.3) is 22.0 Å². The molecule has 0 atom stereocenters. The number of anilines is 1. The van der Waals surface area contributed by atoms with Gasteiger partial charge in [-0.2, -0.15) is 13.1 Å². The smallest absolute Gasteiger partial charge is 0.313 e. The average Bonchev–Trinajstić information content (AvgIpc) is 3.65. The maximum atomic E-state index is 13.7. The number of nitrogens with zero attached hydrogens (tertiary/aromatic N) is 3. The summed E-state index contributed by atoms with van der Waals surface area (Å²) in [6.45, 7) is 13.1. The number of ether oxygens (including phenoxy) is 11. The molecule has 0 spiro atoms. The lowest BCUT2D eigenvalue weighted by molar-refractivity contribution is -0.136. The van der Waals surface area contributed by atoms with Gasteiger partial charge in [-0.15, -0.1) is 0 Å². The van der Waals surface area contributed by atoms with Crippen LogP contribution in [0.3, 0.4) is 0 Å². The minimum atomic E-state index is -3.63. The van der Waals surface area contributed by atoms with E-state index in [-0.39, 0.29) is 31.8 Å². The average molecular weight is 1170 g/mol. The fourth-order valence-corrected chi connectivity index (χ4v) is 9.95. The number of aromatic nitrogens is 1. The molecule has 2 heterocycles. The molecule has 452 valence electrons. The first-order valence-corrected chi connectivity index (χ1v) is 29.5. The van der Waals surface area contributed by atoms with Crippen LogP contribution >= 0.6 is 0 Å². The number of hydrogen-bond donors (Lipinski definition) is 1. The summed E-state index contributed by atoms with van der Waals surface area (Å²) < 4.78 is 142.